The molecule has 4 heteroatoms. The predicted molar refractivity (Wildman–Crippen MR) is 83.8 cm³/mol. The zero-order valence-electron chi connectivity index (χ0n) is 11.2. The van der Waals surface area contributed by atoms with E-state index in [9.17, 15) is 0 Å². The first-order chi connectivity index (χ1) is 7.28. The van der Waals surface area contributed by atoms with Gasteiger partial charge in [0, 0.05) is 20.1 Å². The molecular weight excluding hydrogens is 313 g/mol. The molecule has 0 radical (unpaired) electrons. The van der Waals surface area contributed by atoms with Crippen molar-refractivity contribution in [2.45, 2.75) is 46.5 Å². The first-order valence-corrected chi connectivity index (χ1v) is 6.22. The van der Waals surface area contributed by atoms with E-state index in [1.807, 2.05) is 7.05 Å². The Morgan fingerprint density at radius 2 is 1.75 bits per heavy atom. The van der Waals surface area contributed by atoms with Crippen molar-refractivity contribution in [3.63, 3.8) is 0 Å². The van der Waals surface area contributed by atoms with Crippen LogP contribution in [-0.4, -0.2) is 26.1 Å². The molecule has 0 amide bonds. The quantitative estimate of drug-likeness (QED) is 0.323. The number of nitrogens with zero attached hydrogens (tertiary/aromatic N) is 1. The molecule has 2 N–H and O–H groups in total. The van der Waals surface area contributed by atoms with Crippen molar-refractivity contribution in [1.29, 1.82) is 0 Å². The molecule has 0 fully saturated rings. The molecule has 0 saturated heterocycles. The first kappa shape index (κ1) is 18.4. The number of hydrogen-bond acceptors (Lipinski definition) is 1. The van der Waals surface area contributed by atoms with Gasteiger partial charge in [-0.15, -0.1) is 24.0 Å². The predicted octanol–water partition coefficient (Wildman–Crippen LogP) is 3.01. The highest BCUT2D eigenvalue weighted by molar-refractivity contribution is 14.0. The molecule has 0 aromatic rings. The van der Waals surface area contributed by atoms with E-state index in [1.165, 1.54) is 25.7 Å². The van der Waals surface area contributed by atoms with E-state index in [-0.39, 0.29) is 24.0 Å². The smallest absolute Gasteiger partial charge is 0.190 e. The van der Waals surface area contributed by atoms with E-state index in [0.717, 1.165) is 25.0 Å². The first-order valence-electron chi connectivity index (χ1n) is 6.22. The van der Waals surface area contributed by atoms with Crippen LogP contribution in [0.5, 0.6) is 0 Å². The molecule has 16 heavy (non-hydrogen) atoms. The van der Waals surface area contributed by atoms with E-state index >= 15 is 0 Å². The molecule has 0 saturated carbocycles. The average molecular weight is 341 g/mol. The van der Waals surface area contributed by atoms with Gasteiger partial charge in [0.1, 0.15) is 0 Å². The van der Waals surface area contributed by atoms with Gasteiger partial charge in [-0.1, -0.05) is 40.0 Å². The minimum atomic E-state index is 0. The van der Waals surface area contributed by atoms with Crippen molar-refractivity contribution in [3.05, 3.63) is 0 Å². The Hall–Kier alpha value is 0. The molecule has 0 aliphatic rings. The summed E-state index contributed by atoms with van der Waals surface area (Å²) in [7, 11) is 1.83. The summed E-state index contributed by atoms with van der Waals surface area (Å²) in [5.74, 6) is 1.70. The molecule has 3 nitrogen and oxygen atoms in total. The van der Waals surface area contributed by atoms with Gasteiger partial charge < -0.3 is 10.6 Å². The van der Waals surface area contributed by atoms with Crippen molar-refractivity contribution < 1.29 is 0 Å². The van der Waals surface area contributed by atoms with Crippen molar-refractivity contribution in [1.82, 2.24) is 10.6 Å². The van der Waals surface area contributed by atoms with Crippen LogP contribution in [0, 0.1) is 5.92 Å². The number of halogens is 1. The number of nitrogens with one attached hydrogen (secondary N) is 2. The second kappa shape index (κ2) is 13.1. The van der Waals surface area contributed by atoms with Gasteiger partial charge in [-0.05, 0) is 12.3 Å². The average Bonchev–Trinajstić information content (AvgIpc) is 2.28. The lowest BCUT2D eigenvalue weighted by molar-refractivity contribution is 0.481. The zero-order valence-corrected chi connectivity index (χ0v) is 13.5. The van der Waals surface area contributed by atoms with Crippen LogP contribution in [0.1, 0.15) is 46.5 Å². The maximum absolute atomic E-state index is 4.19. The molecule has 98 valence electrons. The molecule has 0 heterocycles. The zero-order chi connectivity index (χ0) is 11.5. The molecule has 0 spiro atoms. The van der Waals surface area contributed by atoms with Crippen LogP contribution < -0.4 is 10.6 Å². The minimum Gasteiger partial charge on any atom is -0.356 e. The Balaban J connectivity index is 0. The number of hydrogen-bond donors (Lipinski definition) is 2. The van der Waals surface area contributed by atoms with E-state index in [1.54, 1.807) is 0 Å². The second-order valence-corrected chi connectivity index (χ2v) is 3.92. The lowest BCUT2D eigenvalue weighted by Gasteiger charge is -2.16. The largest absolute Gasteiger partial charge is 0.356 e. The fraction of sp³-hybridized carbons (Fsp3) is 0.917. The maximum Gasteiger partial charge on any atom is 0.190 e. The second-order valence-electron chi connectivity index (χ2n) is 3.92. The van der Waals surface area contributed by atoms with E-state index < -0.39 is 0 Å². The van der Waals surface area contributed by atoms with Gasteiger partial charge >= 0.3 is 0 Å². The lowest BCUT2D eigenvalue weighted by atomic mass is 10.0. The summed E-state index contributed by atoms with van der Waals surface area (Å²) in [5, 5.41) is 6.68. The lowest BCUT2D eigenvalue weighted by Crippen LogP contribution is -2.40. The van der Waals surface area contributed by atoms with Crippen LogP contribution in [0.25, 0.3) is 0 Å². The van der Waals surface area contributed by atoms with Gasteiger partial charge in [0.05, 0.1) is 0 Å². The van der Waals surface area contributed by atoms with Gasteiger partial charge in [0.25, 0.3) is 0 Å². The molecule has 0 rings (SSSR count). The van der Waals surface area contributed by atoms with Crippen molar-refractivity contribution >= 4 is 29.9 Å². The van der Waals surface area contributed by atoms with Crippen LogP contribution in [0.2, 0.25) is 0 Å². The van der Waals surface area contributed by atoms with Gasteiger partial charge in [-0.2, -0.15) is 0 Å². The third-order valence-corrected chi connectivity index (χ3v) is 2.76. The Labute approximate surface area is 118 Å². The molecular formula is C12H28IN3. The highest BCUT2D eigenvalue weighted by atomic mass is 127. The number of guanidine groups is 1. The van der Waals surface area contributed by atoms with E-state index in [0.29, 0.717) is 0 Å². The molecule has 0 aromatic carbocycles. The fourth-order valence-corrected chi connectivity index (χ4v) is 1.42. The highest BCUT2D eigenvalue weighted by Gasteiger charge is 2.03. The summed E-state index contributed by atoms with van der Waals surface area (Å²) >= 11 is 0. The van der Waals surface area contributed by atoms with Gasteiger partial charge in [0.15, 0.2) is 5.96 Å². The standard InChI is InChI=1S/C12H27N3.HI/c1-5-8-9-14-12(13-4)15-10-11(6-2)7-3;/h11H,5-10H2,1-4H3,(H2,13,14,15);1H. The van der Waals surface area contributed by atoms with Crippen LogP contribution in [0.3, 0.4) is 0 Å². The Bertz CT molecular complexity index is 168. The number of unbranched alkanes of at least 4 members (excludes halogenated alkanes) is 1. The van der Waals surface area contributed by atoms with Crippen LogP contribution in [0.15, 0.2) is 4.99 Å². The summed E-state index contributed by atoms with van der Waals surface area (Å²) in [6.07, 6.45) is 4.88. The van der Waals surface area contributed by atoms with E-state index in [2.05, 4.69) is 36.4 Å². The minimum absolute atomic E-state index is 0. The van der Waals surface area contributed by atoms with Gasteiger partial charge in [0.2, 0.25) is 0 Å². The molecule has 0 aromatic heterocycles. The van der Waals surface area contributed by atoms with Crippen LogP contribution in [-0.2, 0) is 0 Å². The van der Waals surface area contributed by atoms with Gasteiger partial charge in [-0.3, -0.25) is 4.99 Å². The third-order valence-electron chi connectivity index (χ3n) is 2.76. The SMILES string of the molecule is CCCCNC(=NC)NCC(CC)CC.I. The van der Waals surface area contributed by atoms with Crippen LogP contribution in [0.4, 0.5) is 0 Å². The summed E-state index contributed by atoms with van der Waals surface area (Å²) in [6.45, 7) is 8.71. The highest BCUT2D eigenvalue weighted by Crippen LogP contribution is 2.04. The topological polar surface area (TPSA) is 36.4 Å². The Morgan fingerprint density at radius 1 is 1.12 bits per heavy atom. The maximum atomic E-state index is 4.19. The monoisotopic (exact) mass is 341 g/mol. The molecule has 0 bridgehead atoms. The molecule has 0 atom stereocenters. The molecule has 0 aliphatic heterocycles. The molecule has 0 unspecified atom stereocenters. The summed E-state index contributed by atoms with van der Waals surface area (Å²) in [6, 6.07) is 0. The third kappa shape index (κ3) is 9.24. The summed E-state index contributed by atoms with van der Waals surface area (Å²) in [4.78, 5) is 4.19. The Morgan fingerprint density at radius 3 is 2.19 bits per heavy atom. The number of aliphatic imine (C=N–C) groups is 1. The number of rotatable bonds is 7. The molecule has 0 aliphatic carbocycles. The summed E-state index contributed by atoms with van der Waals surface area (Å²) in [5.41, 5.74) is 0. The van der Waals surface area contributed by atoms with E-state index in [4.69, 9.17) is 0 Å². The van der Waals surface area contributed by atoms with Crippen molar-refractivity contribution in [3.8, 4) is 0 Å². The fourth-order valence-electron chi connectivity index (χ4n) is 1.42. The van der Waals surface area contributed by atoms with Crippen molar-refractivity contribution in [2.24, 2.45) is 10.9 Å². The van der Waals surface area contributed by atoms with Gasteiger partial charge in [-0.25, -0.2) is 0 Å². The Kier molecular flexibility index (Phi) is 15.0. The van der Waals surface area contributed by atoms with Crippen LogP contribution >= 0.6 is 24.0 Å². The van der Waals surface area contributed by atoms with Crippen molar-refractivity contribution in [2.75, 3.05) is 20.1 Å². The normalized spacial score (nSPS) is 11.2. The summed E-state index contributed by atoms with van der Waals surface area (Å²) < 4.78 is 0.